The standard InChI is InChI=1S/C16H25N3O/c1-13(2)14-6-4-5-7-15(14)17-16(20)12-19-10-8-18(3)9-11-19/h4-7,13H,8-12H2,1-3H3,(H,17,20). The van der Waals surface area contributed by atoms with Gasteiger partial charge in [-0.2, -0.15) is 0 Å². The third kappa shape index (κ3) is 4.05. The number of para-hydroxylation sites is 1. The van der Waals surface area contributed by atoms with Gasteiger partial charge in [-0.15, -0.1) is 0 Å². The molecule has 1 aliphatic heterocycles. The van der Waals surface area contributed by atoms with E-state index in [0.29, 0.717) is 12.5 Å². The van der Waals surface area contributed by atoms with Crippen LogP contribution in [0.4, 0.5) is 5.69 Å². The second kappa shape index (κ2) is 6.86. The Kier molecular flexibility index (Phi) is 5.15. The molecule has 110 valence electrons. The smallest absolute Gasteiger partial charge is 0.238 e. The first-order valence-corrected chi connectivity index (χ1v) is 7.36. The summed E-state index contributed by atoms with van der Waals surface area (Å²) in [5, 5.41) is 3.06. The molecule has 1 heterocycles. The summed E-state index contributed by atoms with van der Waals surface area (Å²) < 4.78 is 0. The SMILES string of the molecule is CC(C)c1ccccc1NC(=O)CN1CCN(C)CC1. The van der Waals surface area contributed by atoms with Crippen LogP contribution in [0.2, 0.25) is 0 Å². The van der Waals surface area contributed by atoms with E-state index < -0.39 is 0 Å². The van der Waals surface area contributed by atoms with Gasteiger partial charge >= 0.3 is 0 Å². The molecule has 4 nitrogen and oxygen atoms in total. The maximum atomic E-state index is 12.2. The van der Waals surface area contributed by atoms with Crippen LogP contribution in [0, 0.1) is 0 Å². The van der Waals surface area contributed by atoms with Crippen molar-refractivity contribution in [2.45, 2.75) is 19.8 Å². The van der Waals surface area contributed by atoms with E-state index in [-0.39, 0.29) is 5.91 Å². The fourth-order valence-electron chi connectivity index (χ4n) is 2.51. The van der Waals surface area contributed by atoms with E-state index in [9.17, 15) is 4.79 Å². The number of likely N-dealkylation sites (N-methyl/N-ethyl adjacent to an activating group) is 1. The van der Waals surface area contributed by atoms with Crippen LogP contribution in [0.25, 0.3) is 0 Å². The van der Waals surface area contributed by atoms with Crippen LogP contribution in [-0.4, -0.2) is 55.5 Å². The minimum absolute atomic E-state index is 0.0858. The molecule has 1 saturated heterocycles. The van der Waals surface area contributed by atoms with Crippen molar-refractivity contribution < 1.29 is 4.79 Å². The number of benzene rings is 1. The van der Waals surface area contributed by atoms with Crippen molar-refractivity contribution in [3.8, 4) is 0 Å². The lowest BCUT2D eigenvalue weighted by Gasteiger charge is -2.31. The van der Waals surface area contributed by atoms with E-state index in [1.165, 1.54) is 5.56 Å². The van der Waals surface area contributed by atoms with Gasteiger partial charge in [0.1, 0.15) is 0 Å². The predicted molar refractivity (Wildman–Crippen MR) is 83.1 cm³/mol. The Balaban J connectivity index is 1.91. The summed E-state index contributed by atoms with van der Waals surface area (Å²) in [7, 11) is 2.12. The first-order valence-electron chi connectivity index (χ1n) is 7.36. The monoisotopic (exact) mass is 275 g/mol. The largest absolute Gasteiger partial charge is 0.325 e. The highest BCUT2D eigenvalue weighted by atomic mass is 16.2. The molecule has 0 unspecified atom stereocenters. The molecule has 1 amide bonds. The number of hydrogen-bond donors (Lipinski definition) is 1. The van der Waals surface area contributed by atoms with Crippen molar-refractivity contribution in [2.75, 3.05) is 45.1 Å². The molecule has 20 heavy (non-hydrogen) atoms. The van der Waals surface area contributed by atoms with Crippen molar-refractivity contribution in [3.63, 3.8) is 0 Å². The molecule has 0 aromatic heterocycles. The summed E-state index contributed by atoms with van der Waals surface area (Å²) in [5.41, 5.74) is 2.14. The van der Waals surface area contributed by atoms with Gasteiger partial charge in [0.15, 0.2) is 0 Å². The van der Waals surface area contributed by atoms with Crippen molar-refractivity contribution in [1.82, 2.24) is 9.80 Å². The summed E-state index contributed by atoms with van der Waals surface area (Å²) in [6.45, 7) is 8.79. The Hall–Kier alpha value is -1.39. The minimum atomic E-state index is 0.0858. The quantitative estimate of drug-likeness (QED) is 0.913. The van der Waals surface area contributed by atoms with Crippen molar-refractivity contribution in [3.05, 3.63) is 29.8 Å². The number of carbonyl (C=O) groups excluding carboxylic acids is 1. The number of nitrogens with zero attached hydrogens (tertiary/aromatic N) is 2. The molecule has 0 saturated carbocycles. The van der Waals surface area contributed by atoms with Crippen LogP contribution in [0.5, 0.6) is 0 Å². The maximum absolute atomic E-state index is 12.2. The Morgan fingerprint density at radius 3 is 2.50 bits per heavy atom. The molecular weight excluding hydrogens is 250 g/mol. The Labute approximate surface area is 121 Å². The van der Waals surface area contributed by atoms with E-state index in [0.717, 1.165) is 31.9 Å². The van der Waals surface area contributed by atoms with E-state index in [4.69, 9.17) is 0 Å². The third-order valence-corrected chi connectivity index (χ3v) is 3.82. The number of rotatable bonds is 4. The molecule has 1 aromatic rings. The number of piperazine rings is 1. The number of anilines is 1. The molecular formula is C16H25N3O. The molecule has 1 fully saturated rings. The van der Waals surface area contributed by atoms with Gasteiger partial charge in [0, 0.05) is 31.9 Å². The molecule has 0 bridgehead atoms. The first-order chi connectivity index (χ1) is 9.56. The van der Waals surface area contributed by atoms with Gasteiger partial charge in [-0.3, -0.25) is 9.69 Å². The van der Waals surface area contributed by atoms with Crippen molar-refractivity contribution in [2.24, 2.45) is 0 Å². The van der Waals surface area contributed by atoms with Gasteiger partial charge in [0.05, 0.1) is 6.54 Å². The molecule has 0 spiro atoms. The summed E-state index contributed by atoms with van der Waals surface area (Å²) in [6, 6.07) is 8.05. The average molecular weight is 275 g/mol. The second-order valence-electron chi connectivity index (χ2n) is 5.87. The molecule has 0 aliphatic carbocycles. The van der Waals surface area contributed by atoms with Gasteiger partial charge < -0.3 is 10.2 Å². The van der Waals surface area contributed by atoms with Gasteiger partial charge in [-0.1, -0.05) is 32.0 Å². The van der Waals surface area contributed by atoms with Gasteiger partial charge in [0.25, 0.3) is 0 Å². The molecule has 1 aliphatic rings. The molecule has 4 heteroatoms. The maximum Gasteiger partial charge on any atom is 0.238 e. The van der Waals surface area contributed by atoms with Crippen LogP contribution in [0.15, 0.2) is 24.3 Å². The normalized spacial score (nSPS) is 17.4. The minimum Gasteiger partial charge on any atom is -0.325 e. The predicted octanol–water partition coefficient (Wildman–Crippen LogP) is 2.00. The third-order valence-electron chi connectivity index (χ3n) is 3.82. The van der Waals surface area contributed by atoms with Crippen molar-refractivity contribution in [1.29, 1.82) is 0 Å². The summed E-state index contributed by atoms with van der Waals surface area (Å²) in [6.07, 6.45) is 0. The lowest BCUT2D eigenvalue weighted by molar-refractivity contribution is -0.117. The van der Waals surface area contributed by atoms with Crippen LogP contribution in [0.3, 0.4) is 0 Å². The summed E-state index contributed by atoms with van der Waals surface area (Å²) in [4.78, 5) is 16.7. The number of amides is 1. The van der Waals surface area contributed by atoms with Gasteiger partial charge in [0.2, 0.25) is 5.91 Å². The van der Waals surface area contributed by atoms with Crippen LogP contribution in [-0.2, 0) is 4.79 Å². The molecule has 0 radical (unpaired) electrons. The molecule has 0 atom stereocenters. The zero-order valence-corrected chi connectivity index (χ0v) is 12.7. The number of nitrogens with one attached hydrogen (secondary N) is 1. The van der Waals surface area contributed by atoms with E-state index in [1.807, 2.05) is 18.2 Å². The van der Waals surface area contributed by atoms with E-state index >= 15 is 0 Å². The fraction of sp³-hybridized carbons (Fsp3) is 0.562. The van der Waals surface area contributed by atoms with Gasteiger partial charge in [-0.05, 0) is 24.6 Å². The van der Waals surface area contributed by atoms with Crippen LogP contribution < -0.4 is 5.32 Å². The highest BCUT2D eigenvalue weighted by Crippen LogP contribution is 2.23. The summed E-state index contributed by atoms with van der Waals surface area (Å²) >= 11 is 0. The van der Waals surface area contributed by atoms with Crippen LogP contribution >= 0.6 is 0 Å². The highest BCUT2D eigenvalue weighted by molar-refractivity contribution is 5.93. The summed E-state index contributed by atoms with van der Waals surface area (Å²) in [5.74, 6) is 0.498. The zero-order chi connectivity index (χ0) is 14.5. The fourth-order valence-corrected chi connectivity index (χ4v) is 2.51. The number of carbonyl (C=O) groups is 1. The van der Waals surface area contributed by atoms with E-state index in [1.54, 1.807) is 0 Å². The lowest BCUT2D eigenvalue weighted by Crippen LogP contribution is -2.47. The second-order valence-corrected chi connectivity index (χ2v) is 5.87. The Bertz CT molecular complexity index is 451. The molecule has 2 rings (SSSR count). The Morgan fingerprint density at radius 2 is 1.85 bits per heavy atom. The highest BCUT2D eigenvalue weighted by Gasteiger charge is 2.17. The first kappa shape index (κ1) is 15.0. The average Bonchev–Trinajstić information content (AvgIpc) is 2.41. The topological polar surface area (TPSA) is 35.6 Å². The van der Waals surface area contributed by atoms with Crippen LogP contribution in [0.1, 0.15) is 25.3 Å². The Morgan fingerprint density at radius 1 is 1.20 bits per heavy atom. The number of hydrogen-bond acceptors (Lipinski definition) is 3. The molecule has 1 N–H and O–H groups in total. The van der Waals surface area contributed by atoms with Gasteiger partial charge in [-0.25, -0.2) is 0 Å². The lowest BCUT2D eigenvalue weighted by atomic mass is 10.0. The van der Waals surface area contributed by atoms with Crippen molar-refractivity contribution >= 4 is 11.6 Å². The van der Waals surface area contributed by atoms with E-state index in [2.05, 4.69) is 42.1 Å². The molecule has 1 aromatic carbocycles. The zero-order valence-electron chi connectivity index (χ0n) is 12.7.